The van der Waals surface area contributed by atoms with Crippen LogP contribution in [-0.2, 0) is 10.8 Å². The summed E-state index contributed by atoms with van der Waals surface area (Å²) in [5, 5.41) is 0. The monoisotopic (exact) mass is 308 g/mol. The van der Waals surface area contributed by atoms with Gasteiger partial charge in [0, 0.05) is 9.75 Å². The molecule has 1 rings (SSSR count). The van der Waals surface area contributed by atoms with Crippen molar-refractivity contribution >= 4 is 11.3 Å². The Morgan fingerprint density at radius 1 is 0.619 bits per heavy atom. The van der Waals surface area contributed by atoms with Gasteiger partial charge in [-0.25, -0.2) is 0 Å². The minimum absolute atomic E-state index is 0.263. The highest BCUT2D eigenvalue weighted by Crippen LogP contribution is 2.44. The maximum absolute atomic E-state index is 2.39. The first-order valence-corrected chi connectivity index (χ1v) is 9.05. The molecule has 0 aliphatic rings. The van der Waals surface area contributed by atoms with Crippen LogP contribution in [0.5, 0.6) is 0 Å². The van der Waals surface area contributed by atoms with Gasteiger partial charge in [0.25, 0.3) is 0 Å². The zero-order chi connectivity index (χ0) is 16.7. The molecule has 0 aliphatic heterocycles. The maximum Gasteiger partial charge on any atom is 0.0105 e. The first-order chi connectivity index (χ1) is 9.12. The van der Waals surface area contributed by atoms with E-state index in [0.717, 1.165) is 0 Å². The Bertz CT molecular complexity index is 418. The second kappa shape index (κ2) is 5.72. The molecule has 0 nitrogen and oxygen atoms in total. The van der Waals surface area contributed by atoms with Gasteiger partial charge in [-0.05, 0) is 46.6 Å². The summed E-state index contributed by atoms with van der Waals surface area (Å²) in [7, 11) is 0. The second-order valence-corrected chi connectivity index (χ2v) is 11.5. The molecule has 21 heavy (non-hydrogen) atoms. The van der Waals surface area contributed by atoms with Crippen LogP contribution in [0, 0.1) is 10.8 Å². The van der Waals surface area contributed by atoms with Gasteiger partial charge in [0.15, 0.2) is 0 Å². The zero-order valence-corrected chi connectivity index (χ0v) is 16.8. The Kier molecular flexibility index (Phi) is 5.11. The van der Waals surface area contributed by atoms with Gasteiger partial charge in [0.2, 0.25) is 0 Å². The number of hydrogen-bond donors (Lipinski definition) is 0. The highest BCUT2D eigenvalue weighted by molar-refractivity contribution is 7.12. The van der Waals surface area contributed by atoms with Crippen LogP contribution in [0.4, 0.5) is 0 Å². The smallest absolute Gasteiger partial charge is 0.0105 e. The van der Waals surface area contributed by atoms with Gasteiger partial charge in [0.05, 0.1) is 0 Å². The Morgan fingerprint density at radius 2 is 0.905 bits per heavy atom. The van der Waals surface area contributed by atoms with Crippen molar-refractivity contribution < 1.29 is 0 Å². The molecule has 1 aromatic heterocycles. The average Bonchev–Trinajstić information content (AvgIpc) is 2.57. The minimum atomic E-state index is 0.263. The zero-order valence-electron chi connectivity index (χ0n) is 16.0. The molecule has 0 unspecified atom stereocenters. The Hall–Kier alpha value is -0.300. The third-order valence-corrected chi connectivity index (χ3v) is 5.70. The highest BCUT2D eigenvalue weighted by atomic mass is 32.1. The quantitative estimate of drug-likeness (QED) is 0.552. The van der Waals surface area contributed by atoms with Crippen LogP contribution in [0.3, 0.4) is 0 Å². The minimum Gasteiger partial charge on any atom is -0.144 e. The first kappa shape index (κ1) is 18.7. The Morgan fingerprint density at radius 3 is 1.14 bits per heavy atom. The molecular weight excluding hydrogens is 272 g/mol. The lowest BCUT2D eigenvalue weighted by Gasteiger charge is -2.33. The van der Waals surface area contributed by atoms with Gasteiger partial charge in [-0.1, -0.05) is 69.2 Å². The number of hydrogen-bond acceptors (Lipinski definition) is 1. The third-order valence-electron chi connectivity index (χ3n) is 3.88. The standard InChI is InChI=1S/C20H36S/c1-17(2,3)13-19(7,8)15-11-12-16(21-15)20(9,10)14-18(4,5)6/h11-12H,13-14H2,1-10H3. The van der Waals surface area contributed by atoms with E-state index in [9.17, 15) is 0 Å². The summed E-state index contributed by atoms with van der Waals surface area (Å²) in [6, 6.07) is 4.74. The van der Waals surface area contributed by atoms with Crippen molar-refractivity contribution in [3.05, 3.63) is 21.9 Å². The van der Waals surface area contributed by atoms with Gasteiger partial charge in [-0.15, -0.1) is 11.3 Å². The summed E-state index contributed by atoms with van der Waals surface area (Å²) in [5.74, 6) is 0. The molecule has 0 saturated heterocycles. The molecule has 0 atom stereocenters. The van der Waals surface area contributed by atoms with Gasteiger partial charge in [-0.2, -0.15) is 0 Å². The fourth-order valence-electron chi connectivity index (χ4n) is 3.89. The van der Waals surface area contributed by atoms with Crippen LogP contribution in [0.25, 0.3) is 0 Å². The Balaban J connectivity index is 3.00. The van der Waals surface area contributed by atoms with Crippen molar-refractivity contribution in [1.82, 2.24) is 0 Å². The number of rotatable bonds is 4. The van der Waals surface area contributed by atoms with Crippen LogP contribution >= 0.6 is 11.3 Å². The van der Waals surface area contributed by atoms with Gasteiger partial charge < -0.3 is 0 Å². The van der Waals surface area contributed by atoms with Crippen LogP contribution in [-0.4, -0.2) is 0 Å². The lowest BCUT2D eigenvalue weighted by atomic mass is 9.75. The fourth-order valence-corrected chi connectivity index (χ4v) is 5.10. The molecule has 0 aliphatic carbocycles. The van der Waals surface area contributed by atoms with Crippen molar-refractivity contribution in [2.75, 3.05) is 0 Å². The predicted molar refractivity (Wildman–Crippen MR) is 98.5 cm³/mol. The Labute approximate surface area is 137 Å². The lowest BCUT2D eigenvalue weighted by Crippen LogP contribution is -2.24. The van der Waals surface area contributed by atoms with Gasteiger partial charge in [-0.3, -0.25) is 0 Å². The van der Waals surface area contributed by atoms with E-state index in [1.165, 1.54) is 22.6 Å². The van der Waals surface area contributed by atoms with Crippen LogP contribution in [0.1, 0.15) is 91.8 Å². The fraction of sp³-hybridized carbons (Fsp3) is 0.800. The topological polar surface area (TPSA) is 0 Å². The van der Waals surface area contributed by atoms with E-state index in [0.29, 0.717) is 10.8 Å². The summed E-state index contributed by atoms with van der Waals surface area (Å²) in [6.45, 7) is 23.6. The first-order valence-electron chi connectivity index (χ1n) is 8.23. The largest absolute Gasteiger partial charge is 0.144 e. The number of thiophene rings is 1. The molecule has 0 amide bonds. The molecule has 0 fully saturated rings. The molecule has 0 aromatic carbocycles. The third kappa shape index (κ3) is 5.77. The summed E-state index contributed by atoms with van der Waals surface area (Å²) in [6.07, 6.45) is 2.44. The highest BCUT2D eigenvalue weighted by Gasteiger charge is 2.32. The van der Waals surface area contributed by atoms with Gasteiger partial charge >= 0.3 is 0 Å². The van der Waals surface area contributed by atoms with E-state index >= 15 is 0 Å². The summed E-state index contributed by atoms with van der Waals surface area (Å²) in [5.41, 5.74) is 1.27. The maximum atomic E-state index is 2.39. The van der Waals surface area contributed by atoms with Gasteiger partial charge in [0.1, 0.15) is 0 Å². The molecule has 0 saturated carbocycles. The van der Waals surface area contributed by atoms with E-state index in [4.69, 9.17) is 0 Å². The molecule has 0 spiro atoms. The van der Waals surface area contributed by atoms with Crippen molar-refractivity contribution in [2.24, 2.45) is 10.8 Å². The summed E-state index contributed by atoms with van der Waals surface area (Å²) >= 11 is 2.03. The van der Waals surface area contributed by atoms with E-state index < -0.39 is 0 Å². The second-order valence-electron chi connectivity index (χ2n) is 10.4. The van der Waals surface area contributed by atoms with Crippen molar-refractivity contribution in [3.8, 4) is 0 Å². The molecule has 0 N–H and O–H groups in total. The molecule has 1 heterocycles. The SMILES string of the molecule is CC(C)(C)CC(C)(C)c1ccc(C(C)(C)CC(C)(C)C)s1. The van der Waals surface area contributed by atoms with Crippen molar-refractivity contribution in [3.63, 3.8) is 0 Å². The lowest BCUT2D eigenvalue weighted by molar-refractivity contribution is 0.287. The molecule has 0 radical (unpaired) electrons. The molecular formula is C20H36S. The average molecular weight is 309 g/mol. The van der Waals surface area contributed by atoms with Crippen LogP contribution in [0.15, 0.2) is 12.1 Å². The molecule has 1 heteroatoms. The van der Waals surface area contributed by atoms with Crippen molar-refractivity contribution in [1.29, 1.82) is 0 Å². The molecule has 122 valence electrons. The molecule has 0 bridgehead atoms. The van der Waals surface area contributed by atoms with E-state index in [-0.39, 0.29) is 10.8 Å². The van der Waals surface area contributed by atoms with E-state index in [1.807, 2.05) is 11.3 Å². The van der Waals surface area contributed by atoms with E-state index in [2.05, 4.69) is 81.4 Å². The summed E-state index contributed by atoms with van der Waals surface area (Å²) < 4.78 is 0. The van der Waals surface area contributed by atoms with Crippen LogP contribution < -0.4 is 0 Å². The molecule has 1 aromatic rings. The normalized spacial score (nSPS) is 14.6. The van der Waals surface area contributed by atoms with Crippen molar-refractivity contribution in [2.45, 2.75) is 92.9 Å². The van der Waals surface area contributed by atoms with E-state index in [1.54, 1.807) is 0 Å². The summed E-state index contributed by atoms with van der Waals surface area (Å²) in [4.78, 5) is 3.07. The van der Waals surface area contributed by atoms with Crippen LogP contribution in [0.2, 0.25) is 0 Å². The predicted octanol–water partition coefficient (Wildman–Crippen LogP) is 7.18.